The van der Waals surface area contributed by atoms with Crippen LogP contribution in [-0.4, -0.2) is 16.0 Å². The molecule has 0 atom stereocenters. The van der Waals surface area contributed by atoms with Gasteiger partial charge in [-0.15, -0.1) is 0 Å². The average molecular weight is 323 g/mol. The maximum absolute atomic E-state index is 13.0. The number of carbonyl (C=O) groups excluding carboxylic acids is 1. The molecule has 0 aliphatic heterocycles. The van der Waals surface area contributed by atoms with Crippen molar-refractivity contribution in [1.82, 2.24) is 10.1 Å². The second-order valence-corrected chi connectivity index (χ2v) is 5.87. The molecule has 3 aromatic rings. The second-order valence-electron chi connectivity index (χ2n) is 5.87. The quantitative estimate of drug-likeness (QED) is 0.780. The van der Waals surface area contributed by atoms with E-state index >= 15 is 0 Å². The molecule has 1 aromatic carbocycles. The zero-order valence-corrected chi connectivity index (χ0v) is 14.4. The van der Waals surface area contributed by atoms with Gasteiger partial charge in [-0.2, -0.15) is 0 Å². The number of rotatable bonds is 4. The summed E-state index contributed by atoms with van der Waals surface area (Å²) in [7, 11) is 0. The summed E-state index contributed by atoms with van der Waals surface area (Å²) < 4.78 is 5.22. The topological polar surface area (TPSA) is 68.0 Å². The molecule has 0 aliphatic carbocycles. The third kappa shape index (κ3) is 2.77. The van der Waals surface area contributed by atoms with Gasteiger partial charge in [-0.3, -0.25) is 4.79 Å². The van der Waals surface area contributed by atoms with Gasteiger partial charge in [0.25, 0.3) is 11.6 Å². The van der Waals surface area contributed by atoms with Gasteiger partial charge in [-0.1, -0.05) is 37.2 Å². The largest absolute Gasteiger partial charge is 0.336 e. The summed E-state index contributed by atoms with van der Waals surface area (Å²) in [5.74, 6) is -0.160. The van der Waals surface area contributed by atoms with Gasteiger partial charge in [0.2, 0.25) is 0 Å². The van der Waals surface area contributed by atoms with E-state index in [0.29, 0.717) is 22.4 Å². The van der Waals surface area contributed by atoms with Gasteiger partial charge in [-0.25, -0.2) is 4.98 Å². The van der Waals surface area contributed by atoms with Crippen molar-refractivity contribution in [2.24, 2.45) is 0 Å². The highest BCUT2D eigenvalue weighted by Gasteiger charge is 2.19. The lowest BCUT2D eigenvalue weighted by molar-refractivity contribution is 0.102. The highest BCUT2D eigenvalue weighted by molar-refractivity contribution is 6.12. The monoisotopic (exact) mass is 323 g/mol. The number of fused-ring (bicyclic) bond motifs is 1. The highest BCUT2D eigenvalue weighted by Crippen LogP contribution is 2.26. The summed E-state index contributed by atoms with van der Waals surface area (Å²) in [5.41, 5.74) is 5.51. The van der Waals surface area contributed by atoms with E-state index < -0.39 is 0 Å². The maximum Gasteiger partial charge on any atom is 0.258 e. The molecule has 124 valence electrons. The van der Waals surface area contributed by atoms with E-state index in [9.17, 15) is 4.79 Å². The molecule has 1 N–H and O–H groups in total. The predicted molar refractivity (Wildman–Crippen MR) is 94.4 cm³/mol. The normalized spacial score (nSPS) is 11.0. The van der Waals surface area contributed by atoms with Gasteiger partial charge in [0.1, 0.15) is 0 Å². The van der Waals surface area contributed by atoms with E-state index in [4.69, 9.17) is 4.52 Å². The highest BCUT2D eigenvalue weighted by atomic mass is 16.5. The molecule has 2 heterocycles. The molecule has 0 saturated carbocycles. The van der Waals surface area contributed by atoms with Crippen molar-refractivity contribution in [3.05, 3.63) is 52.3 Å². The first-order valence-electron chi connectivity index (χ1n) is 8.20. The van der Waals surface area contributed by atoms with E-state index in [1.807, 2.05) is 32.0 Å². The van der Waals surface area contributed by atoms with Gasteiger partial charge in [0, 0.05) is 11.4 Å². The average Bonchev–Trinajstić information content (AvgIpc) is 2.95. The number of hydrogen-bond donors (Lipinski definition) is 1. The number of benzene rings is 1. The van der Waals surface area contributed by atoms with E-state index in [1.54, 1.807) is 6.07 Å². The fourth-order valence-electron chi connectivity index (χ4n) is 2.98. The molecule has 0 saturated heterocycles. The maximum atomic E-state index is 13.0. The van der Waals surface area contributed by atoms with Crippen LogP contribution in [0, 0.1) is 13.8 Å². The summed E-state index contributed by atoms with van der Waals surface area (Å²) >= 11 is 0. The molecule has 3 rings (SSSR count). The predicted octanol–water partition coefficient (Wildman–Crippen LogP) is 4.22. The lowest BCUT2D eigenvalue weighted by Gasteiger charge is -2.15. The van der Waals surface area contributed by atoms with Crippen molar-refractivity contribution in [3.63, 3.8) is 0 Å². The number of pyridine rings is 1. The van der Waals surface area contributed by atoms with Gasteiger partial charge < -0.3 is 9.84 Å². The number of amides is 1. The Hall–Kier alpha value is -2.69. The van der Waals surface area contributed by atoms with E-state index in [0.717, 1.165) is 35.3 Å². The van der Waals surface area contributed by atoms with Crippen LogP contribution >= 0.6 is 0 Å². The number of carbonyl (C=O) groups is 1. The van der Waals surface area contributed by atoms with Crippen molar-refractivity contribution in [1.29, 1.82) is 0 Å². The van der Waals surface area contributed by atoms with Gasteiger partial charge >= 0.3 is 0 Å². The Bertz CT molecular complexity index is 890. The molecule has 0 aliphatic rings. The molecule has 1 amide bonds. The summed E-state index contributed by atoms with van der Waals surface area (Å²) in [5, 5.41) is 7.71. The standard InChI is InChI=1S/C19H21N3O2/c1-5-13-8-7-9-14(6-2)17(13)21-18(23)15-10-11(3)20-19-16(15)12(4)22-24-19/h7-10H,5-6H2,1-4H3,(H,21,23). The first-order valence-corrected chi connectivity index (χ1v) is 8.20. The van der Waals surface area contributed by atoms with Gasteiger partial charge in [0.15, 0.2) is 0 Å². The van der Waals surface area contributed by atoms with Crippen molar-refractivity contribution < 1.29 is 9.32 Å². The number of nitrogens with zero attached hydrogens (tertiary/aromatic N) is 2. The number of aryl methyl sites for hydroxylation is 4. The van der Waals surface area contributed by atoms with E-state index in [-0.39, 0.29) is 5.91 Å². The van der Waals surface area contributed by atoms with Crippen LogP contribution < -0.4 is 5.32 Å². The van der Waals surface area contributed by atoms with Crippen LogP contribution in [0.3, 0.4) is 0 Å². The molecule has 2 aromatic heterocycles. The Morgan fingerprint density at radius 3 is 2.46 bits per heavy atom. The lowest BCUT2D eigenvalue weighted by Crippen LogP contribution is -2.16. The van der Waals surface area contributed by atoms with Crippen LogP contribution in [0.1, 0.15) is 46.7 Å². The Morgan fingerprint density at radius 1 is 1.17 bits per heavy atom. The summed E-state index contributed by atoms with van der Waals surface area (Å²) in [6.07, 6.45) is 1.72. The molecule has 0 spiro atoms. The number of hydrogen-bond acceptors (Lipinski definition) is 4. The fourth-order valence-corrected chi connectivity index (χ4v) is 2.98. The van der Waals surface area contributed by atoms with Crippen LogP contribution in [0.25, 0.3) is 11.1 Å². The molecule has 5 heteroatoms. The van der Waals surface area contributed by atoms with Crippen LogP contribution in [0.5, 0.6) is 0 Å². The minimum absolute atomic E-state index is 0.160. The van der Waals surface area contributed by atoms with Crippen molar-refractivity contribution in [2.75, 3.05) is 5.32 Å². The lowest BCUT2D eigenvalue weighted by atomic mass is 10.0. The Morgan fingerprint density at radius 2 is 1.83 bits per heavy atom. The molecule has 0 bridgehead atoms. The number of para-hydroxylation sites is 1. The van der Waals surface area contributed by atoms with Crippen molar-refractivity contribution in [2.45, 2.75) is 40.5 Å². The third-order valence-electron chi connectivity index (χ3n) is 4.23. The summed E-state index contributed by atoms with van der Waals surface area (Å²) in [6.45, 7) is 7.83. The molecule has 5 nitrogen and oxygen atoms in total. The molecular formula is C19H21N3O2. The number of aromatic nitrogens is 2. The Kier molecular flexibility index (Phi) is 4.34. The second kappa shape index (κ2) is 6.43. The molecular weight excluding hydrogens is 302 g/mol. The SMILES string of the molecule is CCc1cccc(CC)c1NC(=O)c1cc(C)nc2onc(C)c12. The van der Waals surface area contributed by atoms with Gasteiger partial charge in [-0.05, 0) is 43.9 Å². The fraction of sp³-hybridized carbons (Fsp3) is 0.316. The first-order chi connectivity index (χ1) is 11.5. The van der Waals surface area contributed by atoms with Crippen LogP contribution in [0.15, 0.2) is 28.8 Å². The zero-order chi connectivity index (χ0) is 17.3. The van der Waals surface area contributed by atoms with E-state index in [1.165, 1.54) is 0 Å². The minimum atomic E-state index is -0.160. The van der Waals surface area contributed by atoms with Crippen molar-refractivity contribution >= 4 is 22.7 Å². The van der Waals surface area contributed by atoms with E-state index in [2.05, 4.69) is 29.3 Å². The Labute approximate surface area is 141 Å². The third-order valence-corrected chi connectivity index (χ3v) is 4.23. The minimum Gasteiger partial charge on any atom is -0.336 e. The first kappa shape index (κ1) is 16.2. The number of anilines is 1. The Balaban J connectivity index is 2.07. The summed E-state index contributed by atoms with van der Waals surface area (Å²) in [4.78, 5) is 17.3. The molecule has 24 heavy (non-hydrogen) atoms. The number of nitrogens with one attached hydrogen (secondary N) is 1. The molecule has 0 unspecified atom stereocenters. The zero-order valence-electron chi connectivity index (χ0n) is 14.4. The summed E-state index contributed by atoms with van der Waals surface area (Å²) in [6, 6.07) is 7.91. The van der Waals surface area contributed by atoms with Crippen molar-refractivity contribution in [3.8, 4) is 0 Å². The van der Waals surface area contributed by atoms with Crippen LogP contribution in [0.4, 0.5) is 5.69 Å². The van der Waals surface area contributed by atoms with Crippen LogP contribution in [-0.2, 0) is 12.8 Å². The molecule has 0 fully saturated rings. The van der Waals surface area contributed by atoms with Gasteiger partial charge in [0.05, 0.1) is 16.6 Å². The smallest absolute Gasteiger partial charge is 0.258 e. The van der Waals surface area contributed by atoms with Crippen LogP contribution in [0.2, 0.25) is 0 Å². The molecule has 0 radical (unpaired) electrons.